The summed E-state index contributed by atoms with van der Waals surface area (Å²) < 4.78 is 0. The molecule has 1 aromatic rings. The third-order valence-corrected chi connectivity index (χ3v) is 1.39. The van der Waals surface area contributed by atoms with E-state index < -0.39 is 0 Å². The average Bonchev–Trinajstić information content (AvgIpc) is 2.29. The quantitative estimate of drug-likeness (QED) is 0.379. The molecule has 22 heavy (non-hydrogen) atoms. The molecule has 0 unspecified atom stereocenters. The second-order valence-electron chi connectivity index (χ2n) is 3.82. The molecule has 6 heteroatoms. The molecule has 1 radical (unpaired) electrons. The summed E-state index contributed by atoms with van der Waals surface area (Å²) in [5.74, 6) is -0.125. The molecule has 0 bridgehead atoms. The van der Waals surface area contributed by atoms with Crippen molar-refractivity contribution < 1.29 is 39.9 Å². The summed E-state index contributed by atoms with van der Waals surface area (Å²) in [6, 6.07) is 5.72. The van der Waals surface area contributed by atoms with E-state index in [9.17, 15) is 9.59 Å². The van der Waals surface area contributed by atoms with Gasteiger partial charge < -0.3 is 17.6 Å². The van der Waals surface area contributed by atoms with Crippen LogP contribution in [0.1, 0.15) is 27.7 Å². The maximum atomic E-state index is 10.0. The van der Waals surface area contributed by atoms with Gasteiger partial charge in [0.25, 0.3) is 0 Å². The number of ketones is 2. The summed E-state index contributed by atoms with van der Waals surface area (Å²) in [5, 5.41) is 16.7. The second-order valence-corrected chi connectivity index (χ2v) is 3.82. The Morgan fingerprint density at radius 1 is 0.818 bits per heavy atom. The second kappa shape index (κ2) is 19.2. The largest absolute Gasteiger partial charge is 0.512 e. The van der Waals surface area contributed by atoms with Gasteiger partial charge >= 0.3 is 0 Å². The normalized spacial score (nSPS) is 9.45. The number of aromatic nitrogens is 1. The first-order valence-corrected chi connectivity index (χ1v) is 5.86. The zero-order chi connectivity index (χ0) is 16.0. The van der Waals surface area contributed by atoms with Crippen molar-refractivity contribution in [1.82, 2.24) is 4.98 Å². The number of pyridine rings is 1. The number of aliphatic hydroxyl groups is 2. The average molecular weight is 487 g/mol. The molecule has 0 spiro atoms. The molecule has 1 rings (SSSR count). The Labute approximate surface area is 146 Å². The summed E-state index contributed by atoms with van der Waals surface area (Å²) >= 11 is 0. The summed E-state index contributed by atoms with van der Waals surface area (Å²) in [7, 11) is 0. The number of carbonyl (C=O) groups is 2. The van der Waals surface area contributed by atoms with E-state index in [0.717, 1.165) is 0 Å². The molecule has 0 aliphatic heterocycles. The summed E-state index contributed by atoms with van der Waals surface area (Å²) in [4.78, 5) is 23.8. The molecule has 0 amide bonds. The first-order valence-electron chi connectivity index (χ1n) is 5.86. The molecule has 127 valence electrons. The van der Waals surface area contributed by atoms with E-state index in [4.69, 9.17) is 10.2 Å². The molecular formula is C16H24IrNO4-. The number of carbonyl (C=O) groups excluding carboxylic acids is 2. The van der Waals surface area contributed by atoms with E-state index in [1.165, 1.54) is 39.8 Å². The minimum atomic E-state index is -0.125. The number of hydrogen-bond donors (Lipinski definition) is 2. The van der Waals surface area contributed by atoms with Gasteiger partial charge in [-0.05, 0) is 39.8 Å². The van der Waals surface area contributed by atoms with E-state index in [0.29, 0.717) is 0 Å². The van der Waals surface area contributed by atoms with Crippen LogP contribution in [0.4, 0.5) is 0 Å². The summed E-state index contributed by atoms with van der Waals surface area (Å²) in [5.41, 5.74) is 0. The van der Waals surface area contributed by atoms with Gasteiger partial charge in [0, 0.05) is 44.7 Å². The van der Waals surface area contributed by atoms with Crippen molar-refractivity contribution in [1.29, 1.82) is 0 Å². The van der Waals surface area contributed by atoms with Gasteiger partial charge in [-0.2, -0.15) is 0 Å². The molecule has 0 aliphatic carbocycles. The van der Waals surface area contributed by atoms with Gasteiger partial charge in [-0.25, -0.2) is 0 Å². The molecule has 0 aliphatic rings. The van der Waals surface area contributed by atoms with E-state index in [1.807, 2.05) is 18.2 Å². The van der Waals surface area contributed by atoms with Crippen molar-refractivity contribution >= 4 is 11.6 Å². The van der Waals surface area contributed by atoms with Crippen LogP contribution in [0.2, 0.25) is 0 Å². The molecule has 1 heterocycles. The number of allylic oxidation sites excluding steroid dienone is 4. The molecule has 0 aromatic carbocycles. The van der Waals surface area contributed by atoms with Gasteiger partial charge in [0.15, 0.2) is 11.6 Å². The number of nitrogens with zero attached hydrogens (tertiary/aromatic N) is 1. The van der Waals surface area contributed by atoms with Crippen LogP contribution in [0.15, 0.2) is 54.3 Å². The maximum Gasteiger partial charge on any atom is 0.155 e. The van der Waals surface area contributed by atoms with Gasteiger partial charge in [0.1, 0.15) is 0 Å². The van der Waals surface area contributed by atoms with Gasteiger partial charge in [0.05, 0.1) is 11.5 Å². The van der Waals surface area contributed by atoms with Crippen molar-refractivity contribution in [3.8, 4) is 0 Å². The van der Waals surface area contributed by atoms with Crippen molar-refractivity contribution in [3.63, 3.8) is 0 Å². The first kappa shape index (κ1) is 28.4. The number of aliphatic hydroxyl groups excluding tert-OH is 2. The smallest absolute Gasteiger partial charge is 0.155 e. The fourth-order valence-corrected chi connectivity index (χ4v) is 0.901. The third-order valence-electron chi connectivity index (χ3n) is 1.39. The standard InChI is InChI=1S/C5H5N.2C5H8O2.CH3.Ir/c1-2-4-6-5-3-1;2*1-4(6)3-5(2)7;;/h1-5H;2*3,6H,1-2H3;1H3;/q;;;-1;/b;2*4-3-;;. The molecule has 2 N–H and O–H groups in total. The molecule has 0 saturated carbocycles. The molecular weight excluding hydrogens is 462 g/mol. The first-order chi connectivity index (χ1) is 9.25. The summed E-state index contributed by atoms with van der Waals surface area (Å²) in [6.45, 7) is 5.70. The minimum Gasteiger partial charge on any atom is -0.512 e. The Balaban J connectivity index is -0.000000106. The van der Waals surface area contributed by atoms with Crippen molar-refractivity contribution in [3.05, 3.63) is 61.7 Å². The van der Waals surface area contributed by atoms with Crippen LogP contribution in [0.5, 0.6) is 0 Å². The van der Waals surface area contributed by atoms with Crippen molar-refractivity contribution in [2.75, 3.05) is 0 Å². The van der Waals surface area contributed by atoms with Crippen LogP contribution in [-0.2, 0) is 29.7 Å². The van der Waals surface area contributed by atoms with Crippen LogP contribution < -0.4 is 0 Å². The van der Waals surface area contributed by atoms with Gasteiger partial charge in [-0.15, -0.1) is 0 Å². The Bertz CT molecular complexity index is 394. The molecule has 0 saturated heterocycles. The minimum absolute atomic E-state index is 0. The fourth-order valence-electron chi connectivity index (χ4n) is 0.901. The monoisotopic (exact) mass is 487 g/mol. The third kappa shape index (κ3) is 36.2. The predicted octanol–water partition coefficient (Wildman–Crippen LogP) is 3.60. The molecule has 0 fully saturated rings. The van der Waals surface area contributed by atoms with Crippen molar-refractivity contribution in [2.24, 2.45) is 0 Å². The van der Waals surface area contributed by atoms with Crippen LogP contribution in [-0.4, -0.2) is 26.8 Å². The predicted molar refractivity (Wildman–Crippen MR) is 84.8 cm³/mol. The fraction of sp³-hybridized carbons (Fsp3) is 0.250. The Morgan fingerprint density at radius 3 is 1.18 bits per heavy atom. The molecule has 5 nitrogen and oxygen atoms in total. The number of hydrogen-bond acceptors (Lipinski definition) is 5. The SMILES string of the molecule is CC(=O)/C=C(/C)O.CC(=O)/C=C(/C)O.[CH3-].[Ir].c1ccncc1. The van der Waals surface area contributed by atoms with E-state index >= 15 is 0 Å². The zero-order valence-electron chi connectivity index (χ0n) is 13.5. The molecule has 1 aromatic heterocycles. The Morgan fingerprint density at radius 2 is 1.14 bits per heavy atom. The van der Waals surface area contributed by atoms with Crippen LogP contribution in [0.25, 0.3) is 0 Å². The van der Waals surface area contributed by atoms with Gasteiger partial charge in [0.2, 0.25) is 0 Å². The topological polar surface area (TPSA) is 87.5 Å². The zero-order valence-corrected chi connectivity index (χ0v) is 15.9. The van der Waals surface area contributed by atoms with Crippen LogP contribution in [0, 0.1) is 7.43 Å². The van der Waals surface area contributed by atoms with Gasteiger partial charge in [-0.1, -0.05) is 6.07 Å². The van der Waals surface area contributed by atoms with Crippen LogP contribution in [0.3, 0.4) is 0 Å². The van der Waals surface area contributed by atoms with Crippen LogP contribution >= 0.6 is 0 Å². The van der Waals surface area contributed by atoms with E-state index in [2.05, 4.69) is 4.98 Å². The Kier molecular flexibility index (Phi) is 24.8. The van der Waals surface area contributed by atoms with E-state index in [1.54, 1.807) is 12.4 Å². The van der Waals surface area contributed by atoms with Gasteiger partial charge in [-0.3, -0.25) is 14.6 Å². The molecule has 0 atom stereocenters. The summed E-state index contributed by atoms with van der Waals surface area (Å²) in [6.07, 6.45) is 5.83. The Hall–Kier alpha value is -1.78. The van der Waals surface area contributed by atoms with Crippen molar-refractivity contribution in [2.45, 2.75) is 27.7 Å². The van der Waals surface area contributed by atoms with E-state index in [-0.39, 0.29) is 50.6 Å². The number of rotatable bonds is 2. The maximum absolute atomic E-state index is 10.0.